The van der Waals surface area contributed by atoms with E-state index in [1.54, 1.807) is 44.9 Å². The number of likely N-dealkylation sites (N-methyl/N-ethyl adjacent to an activating group) is 1. The van der Waals surface area contributed by atoms with E-state index in [1.807, 2.05) is 7.05 Å². The first-order chi connectivity index (χ1) is 27.7. The fourth-order valence-electron chi connectivity index (χ4n) is 7.89. The van der Waals surface area contributed by atoms with Crippen molar-refractivity contribution >= 4 is 35.4 Å². The monoisotopic (exact) mass is 820 g/mol. The Morgan fingerprint density at radius 2 is 1.61 bits per heavy atom. The molecule has 9 atom stereocenters. The van der Waals surface area contributed by atoms with Crippen molar-refractivity contribution < 1.29 is 58.2 Å². The second-order valence-electron chi connectivity index (χ2n) is 16.1. The molecular formula is C43H56N4O12. The molecule has 59 heavy (non-hydrogen) atoms. The van der Waals surface area contributed by atoms with Crippen LogP contribution in [0, 0.1) is 30.6 Å². The van der Waals surface area contributed by atoms with E-state index in [-0.39, 0.29) is 28.0 Å². The summed E-state index contributed by atoms with van der Waals surface area (Å²) in [6.07, 6.45) is 4.56. The Balaban J connectivity index is 1.66. The Labute approximate surface area is 344 Å². The summed E-state index contributed by atoms with van der Waals surface area (Å²) < 4.78 is 23.5. The Hall–Kier alpha value is -5.16. The summed E-state index contributed by atoms with van der Waals surface area (Å²) >= 11 is 0. The predicted molar refractivity (Wildman–Crippen MR) is 216 cm³/mol. The summed E-state index contributed by atoms with van der Waals surface area (Å²) in [6.45, 7) is 14.8. The van der Waals surface area contributed by atoms with Crippen LogP contribution in [0.25, 0.3) is 0 Å². The van der Waals surface area contributed by atoms with Gasteiger partial charge in [-0.2, -0.15) is 5.10 Å². The molecule has 1 saturated heterocycles. The molecule has 16 nitrogen and oxygen atoms in total. The molecule has 1 amide bonds. The van der Waals surface area contributed by atoms with Crippen molar-refractivity contribution in [2.75, 3.05) is 40.3 Å². The lowest BCUT2D eigenvalue weighted by molar-refractivity contribution is -0.160. The highest BCUT2D eigenvalue weighted by Crippen LogP contribution is 2.48. The molecule has 1 aromatic carbocycles. The maximum atomic E-state index is 14.6. The van der Waals surface area contributed by atoms with Crippen molar-refractivity contribution in [3.63, 3.8) is 0 Å². The van der Waals surface area contributed by atoms with Gasteiger partial charge in [0.2, 0.25) is 5.78 Å². The number of ketones is 3. The Bertz CT molecular complexity index is 2030. The van der Waals surface area contributed by atoms with E-state index in [0.717, 1.165) is 0 Å². The molecule has 0 unspecified atom stereocenters. The number of fused-ring (bicyclic) bond motifs is 14. The number of hydrazone groups is 1. The third kappa shape index (κ3) is 8.91. The largest absolute Gasteiger partial charge is 0.507 e. The second-order valence-corrected chi connectivity index (χ2v) is 16.1. The number of piperazine rings is 1. The van der Waals surface area contributed by atoms with Gasteiger partial charge in [-0.15, -0.1) is 0 Å². The van der Waals surface area contributed by atoms with E-state index < -0.39 is 106 Å². The van der Waals surface area contributed by atoms with E-state index in [1.165, 1.54) is 59.4 Å². The number of Topliss-reactive ketones (excluding diaryl/α,β-unsaturated/α-hetero) is 3. The second kappa shape index (κ2) is 18.0. The number of rotatable bonds is 4. The number of nitrogens with one attached hydrogen (secondary N) is 1. The van der Waals surface area contributed by atoms with E-state index >= 15 is 0 Å². The Kier molecular flexibility index (Phi) is 13.7. The quantitative estimate of drug-likeness (QED) is 0.254. The molecule has 4 N–H and O–H groups in total. The number of aliphatic hydroxyl groups is 2. The average Bonchev–Trinajstić information content (AvgIpc) is 3.46. The summed E-state index contributed by atoms with van der Waals surface area (Å²) in [6, 6.07) is 0. The minimum absolute atomic E-state index is 0.0118. The van der Waals surface area contributed by atoms with Crippen LogP contribution in [0.15, 0.2) is 52.5 Å². The van der Waals surface area contributed by atoms with Crippen LogP contribution in [-0.4, -0.2) is 131 Å². The summed E-state index contributed by atoms with van der Waals surface area (Å²) in [5, 5.41) is 43.1. The van der Waals surface area contributed by atoms with Gasteiger partial charge < -0.3 is 44.5 Å². The van der Waals surface area contributed by atoms with Gasteiger partial charge in [0.15, 0.2) is 5.78 Å². The molecule has 0 spiro atoms. The minimum Gasteiger partial charge on any atom is -0.507 e. The van der Waals surface area contributed by atoms with Gasteiger partial charge in [-0.3, -0.25) is 29.0 Å². The average molecular weight is 821 g/mol. The van der Waals surface area contributed by atoms with Gasteiger partial charge in [-0.05, 0) is 27.0 Å². The fourth-order valence-corrected chi connectivity index (χ4v) is 7.89. The molecule has 0 radical (unpaired) electrons. The van der Waals surface area contributed by atoms with Gasteiger partial charge in [-0.25, -0.2) is 0 Å². The van der Waals surface area contributed by atoms with Crippen molar-refractivity contribution in [1.82, 2.24) is 15.2 Å². The van der Waals surface area contributed by atoms with E-state index in [2.05, 4.69) is 15.3 Å². The van der Waals surface area contributed by atoms with Crippen LogP contribution in [0.5, 0.6) is 11.5 Å². The van der Waals surface area contributed by atoms with Gasteiger partial charge in [0.05, 0.1) is 53.1 Å². The number of nitrogens with zero attached hydrogens (tertiary/aromatic N) is 3. The first-order valence-electron chi connectivity index (χ1n) is 19.7. The molecule has 4 heterocycles. The number of hydrogen-bond donors (Lipinski definition) is 4. The van der Waals surface area contributed by atoms with Crippen LogP contribution in [0.3, 0.4) is 0 Å². The van der Waals surface area contributed by atoms with Crippen LogP contribution < -0.4 is 10.1 Å². The molecule has 5 bridgehead atoms. The lowest BCUT2D eigenvalue weighted by Crippen LogP contribution is -2.46. The van der Waals surface area contributed by atoms with Crippen LogP contribution in [-0.2, 0) is 23.8 Å². The maximum Gasteiger partial charge on any atom is 0.312 e. The molecule has 5 aliphatic rings. The number of aliphatic hydroxyl groups excluding tert-OH is 2. The number of carbonyl (C=O) groups excluding carboxylic acids is 5. The zero-order valence-corrected chi connectivity index (χ0v) is 35.3. The zero-order chi connectivity index (χ0) is 43.7. The third-order valence-electron chi connectivity index (χ3n) is 11.8. The molecule has 1 aromatic rings. The molecule has 16 heteroatoms. The maximum absolute atomic E-state index is 14.6. The summed E-state index contributed by atoms with van der Waals surface area (Å²) in [4.78, 5) is 71.6. The summed E-state index contributed by atoms with van der Waals surface area (Å²) in [7, 11) is 3.39. The van der Waals surface area contributed by atoms with Gasteiger partial charge >= 0.3 is 11.8 Å². The van der Waals surface area contributed by atoms with Crippen LogP contribution >= 0.6 is 0 Å². The number of allylic oxidation sites excluding steroid dienone is 4. The van der Waals surface area contributed by atoms with E-state index in [0.29, 0.717) is 26.2 Å². The molecule has 0 saturated carbocycles. The zero-order valence-electron chi connectivity index (χ0n) is 35.3. The standard InChI is InChI=1S/C43H56N4O12/c1-21-12-11-13-22(2)42(55)45-33-28(20-44-47-17-15-46(9)16-18-47)37(52)30-31(38(33)53)36(51)26(6)40-32(30)41(54)43(8,59-40)57-19-14-29(56-10)23(3)39(58-27(7)48)25(5)35(50)24(4)34(21)49/h11-14,19-21,23-25,29,34-35,39,49-51H,15-18H2,1-10H3,(H,45,55)/b12-11?,19-14?,22-13?,44-20+/t21-,23+,24+,25+,29-,34-,35+,39+,43-/m0/s1. The van der Waals surface area contributed by atoms with Crippen molar-refractivity contribution in [2.24, 2.45) is 28.8 Å². The molecule has 6 rings (SSSR count). The number of hydrogen-bond acceptors (Lipinski definition) is 15. The normalized spacial score (nSPS) is 31.3. The minimum atomic E-state index is -2.09. The molecule has 0 aromatic heterocycles. The van der Waals surface area contributed by atoms with E-state index in [4.69, 9.17) is 18.9 Å². The highest BCUT2D eigenvalue weighted by Gasteiger charge is 2.52. The number of carbonyl (C=O) groups is 5. The topological polar surface area (TPSA) is 214 Å². The number of phenols is 1. The number of benzene rings is 1. The number of phenolic OH excluding ortho intramolecular Hbond substituents is 1. The summed E-state index contributed by atoms with van der Waals surface area (Å²) in [5.41, 5.74) is -1.82. The smallest absolute Gasteiger partial charge is 0.312 e. The summed E-state index contributed by atoms with van der Waals surface area (Å²) in [5.74, 6) is -9.34. The van der Waals surface area contributed by atoms with Crippen molar-refractivity contribution in [1.29, 1.82) is 0 Å². The van der Waals surface area contributed by atoms with Crippen molar-refractivity contribution in [3.8, 4) is 11.5 Å². The molecule has 1 aliphatic carbocycles. The number of amides is 1. The van der Waals surface area contributed by atoms with Crippen molar-refractivity contribution in [3.05, 3.63) is 69.7 Å². The molecular weight excluding hydrogens is 764 g/mol. The number of methoxy groups -OCH3 is 1. The lowest BCUT2D eigenvalue weighted by atomic mass is 9.78. The van der Waals surface area contributed by atoms with Gasteiger partial charge in [-0.1, -0.05) is 45.9 Å². The number of aromatic hydroxyl groups is 1. The SMILES string of the molecule is CO[C@H]1C=CO[C@@]2(C)Oc3c(C)c(O)c4c(c3C2=O)C(=O)C(/C=N/N2CCN(C)CC2)=C(NC(=O)C(C)=CC=C[C@H](C)[C@H](O)[C@@H](C)[C@@H](O)[C@@H](C)[C@H](OC(C)=O)[C@@H]1C)C4=O. The fraction of sp³-hybridized carbons (Fsp3) is 0.535. The van der Waals surface area contributed by atoms with Crippen LogP contribution in [0.4, 0.5) is 0 Å². The molecule has 4 aliphatic heterocycles. The highest BCUT2D eigenvalue weighted by atomic mass is 16.7. The first-order valence-corrected chi connectivity index (χ1v) is 19.7. The highest BCUT2D eigenvalue weighted by molar-refractivity contribution is 6.37. The molecule has 1 fully saturated rings. The van der Waals surface area contributed by atoms with E-state index in [9.17, 15) is 39.3 Å². The number of ether oxygens (including phenoxy) is 4. The first kappa shape index (κ1) is 44.9. The lowest BCUT2D eigenvalue weighted by Gasteiger charge is -2.38. The van der Waals surface area contributed by atoms with Crippen LogP contribution in [0.1, 0.15) is 85.1 Å². The van der Waals surface area contributed by atoms with Crippen LogP contribution in [0.2, 0.25) is 0 Å². The van der Waals surface area contributed by atoms with Gasteiger partial charge in [0.25, 0.3) is 11.7 Å². The molecule has 320 valence electrons. The van der Waals surface area contributed by atoms with Crippen molar-refractivity contribution in [2.45, 2.75) is 85.6 Å². The van der Waals surface area contributed by atoms with Gasteiger partial charge in [0, 0.05) is 81.9 Å². The third-order valence-corrected chi connectivity index (χ3v) is 11.8. The number of esters is 1. The predicted octanol–water partition coefficient (Wildman–Crippen LogP) is 3.23. The Morgan fingerprint density at radius 1 is 0.949 bits per heavy atom. The Morgan fingerprint density at radius 3 is 2.24 bits per heavy atom. The van der Waals surface area contributed by atoms with Gasteiger partial charge in [0.1, 0.15) is 23.3 Å².